The molecule has 0 spiro atoms. The molecule has 9 heteroatoms. The summed E-state index contributed by atoms with van der Waals surface area (Å²) in [6.07, 6.45) is -2.90. The number of nitrogens with one attached hydrogen (secondary N) is 2. The average Bonchev–Trinajstić information content (AvgIpc) is 2.66. The molecule has 1 amide bonds. The molecule has 6 nitrogen and oxygen atoms in total. The zero-order valence-corrected chi connectivity index (χ0v) is 15.6. The van der Waals surface area contributed by atoms with Crippen LogP contribution in [0.3, 0.4) is 0 Å². The van der Waals surface area contributed by atoms with Gasteiger partial charge in [0, 0.05) is 17.0 Å². The van der Waals surface area contributed by atoms with E-state index >= 15 is 0 Å². The highest BCUT2D eigenvalue weighted by Gasteiger charge is 2.22. The van der Waals surface area contributed by atoms with E-state index in [0.29, 0.717) is 34.0 Å². The predicted molar refractivity (Wildman–Crippen MR) is 102 cm³/mol. The molecule has 2 aromatic carbocycles. The SMILES string of the molecule is Cc1nc(N[C@H](C)c2cccc(C(F)F)c2F)c2cc3c(cc2n1)OCC(=O)N3. The molecule has 0 aliphatic carbocycles. The minimum atomic E-state index is -2.90. The van der Waals surface area contributed by atoms with E-state index in [0.717, 1.165) is 6.07 Å². The van der Waals surface area contributed by atoms with Crippen LogP contribution in [0.5, 0.6) is 5.75 Å². The molecule has 3 aromatic rings. The molecule has 29 heavy (non-hydrogen) atoms. The van der Waals surface area contributed by atoms with E-state index < -0.39 is 23.8 Å². The van der Waals surface area contributed by atoms with E-state index in [1.165, 1.54) is 12.1 Å². The summed E-state index contributed by atoms with van der Waals surface area (Å²) in [4.78, 5) is 20.4. The van der Waals surface area contributed by atoms with Gasteiger partial charge in [0.15, 0.2) is 6.61 Å². The quantitative estimate of drug-likeness (QED) is 0.671. The van der Waals surface area contributed by atoms with Crippen LogP contribution in [-0.2, 0) is 4.79 Å². The van der Waals surface area contributed by atoms with Gasteiger partial charge in [0.2, 0.25) is 0 Å². The summed E-state index contributed by atoms with van der Waals surface area (Å²) in [6.45, 7) is 3.28. The molecule has 0 saturated carbocycles. The minimum Gasteiger partial charge on any atom is -0.482 e. The molecule has 1 atom stereocenters. The number of aromatic nitrogens is 2. The summed E-state index contributed by atoms with van der Waals surface area (Å²) >= 11 is 0. The number of carbonyl (C=O) groups is 1. The highest BCUT2D eigenvalue weighted by molar-refractivity contribution is 6.01. The van der Waals surface area contributed by atoms with Crippen molar-refractivity contribution in [3.8, 4) is 5.75 Å². The number of nitrogens with zero attached hydrogens (tertiary/aromatic N) is 2. The van der Waals surface area contributed by atoms with E-state index in [-0.39, 0.29) is 18.1 Å². The Labute approximate surface area is 164 Å². The molecule has 0 saturated heterocycles. The summed E-state index contributed by atoms with van der Waals surface area (Å²) in [5.41, 5.74) is 0.502. The number of rotatable bonds is 4. The third kappa shape index (κ3) is 3.55. The van der Waals surface area contributed by atoms with Crippen LogP contribution in [0.15, 0.2) is 30.3 Å². The first-order valence-electron chi connectivity index (χ1n) is 8.91. The lowest BCUT2D eigenvalue weighted by atomic mass is 10.0. The van der Waals surface area contributed by atoms with Gasteiger partial charge >= 0.3 is 0 Å². The van der Waals surface area contributed by atoms with Crippen LogP contribution in [0.25, 0.3) is 10.9 Å². The summed E-state index contributed by atoms with van der Waals surface area (Å²) in [6, 6.07) is 6.62. The highest BCUT2D eigenvalue weighted by atomic mass is 19.3. The predicted octanol–water partition coefficient (Wildman–Crippen LogP) is 4.52. The van der Waals surface area contributed by atoms with E-state index in [2.05, 4.69) is 20.6 Å². The second kappa shape index (κ2) is 7.23. The number of halogens is 3. The molecule has 2 N–H and O–H groups in total. The number of amides is 1. The Morgan fingerprint density at radius 1 is 1.21 bits per heavy atom. The maximum atomic E-state index is 14.5. The van der Waals surface area contributed by atoms with E-state index in [1.54, 1.807) is 26.0 Å². The molecule has 0 bridgehead atoms. The summed E-state index contributed by atoms with van der Waals surface area (Å²) < 4.78 is 46.0. The molecule has 0 unspecified atom stereocenters. The van der Waals surface area contributed by atoms with Crippen LogP contribution in [0.1, 0.15) is 36.3 Å². The van der Waals surface area contributed by atoms with Crippen LogP contribution in [0.4, 0.5) is 24.7 Å². The third-order valence-electron chi connectivity index (χ3n) is 4.66. The van der Waals surface area contributed by atoms with E-state index in [9.17, 15) is 18.0 Å². The van der Waals surface area contributed by atoms with Gasteiger partial charge in [-0.2, -0.15) is 0 Å². The van der Waals surface area contributed by atoms with Crippen molar-refractivity contribution in [2.24, 2.45) is 0 Å². The van der Waals surface area contributed by atoms with Crippen molar-refractivity contribution in [2.75, 3.05) is 17.2 Å². The maximum absolute atomic E-state index is 14.5. The van der Waals surface area contributed by atoms with Crippen LogP contribution >= 0.6 is 0 Å². The molecule has 2 heterocycles. The number of benzene rings is 2. The number of alkyl halides is 2. The minimum absolute atomic E-state index is 0.0789. The van der Waals surface area contributed by atoms with Crippen molar-refractivity contribution in [1.82, 2.24) is 9.97 Å². The molecule has 1 aliphatic heterocycles. The maximum Gasteiger partial charge on any atom is 0.266 e. The Kier molecular flexibility index (Phi) is 4.73. The number of aryl methyl sites for hydroxylation is 1. The largest absolute Gasteiger partial charge is 0.482 e. The Bertz CT molecular complexity index is 1120. The van der Waals surface area contributed by atoms with Crippen molar-refractivity contribution in [3.05, 3.63) is 53.1 Å². The lowest BCUT2D eigenvalue weighted by Crippen LogP contribution is -2.25. The lowest BCUT2D eigenvalue weighted by Gasteiger charge is -2.21. The van der Waals surface area contributed by atoms with Gasteiger partial charge in [-0.3, -0.25) is 4.79 Å². The van der Waals surface area contributed by atoms with Gasteiger partial charge in [-0.05, 0) is 19.9 Å². The summed E-state index contributed by atoms with van der Waals surface area (Å²) in [7, 11) is 0. The summed E-state index contributed by atoms with van der Waals surface area (Å²) in [5.74, 6) is 0.123. The van der Waals surface area contributed by atoms with Gasteiger partial charge < -0.3 is 15.4 Å². The normalized spacial score (nSPS) is 14.3. The zero-order chi connectivity index (χ0) is 20.7. The number of ether oxygens (including phenoxy) is 1. The van der Waals surface area contributed by atoms with E-state index in [4.69, 9.17) is 4.74 Å². The Morgan fingerprint density at radius 3 is 2.72 bits per heavy atom. The highest BCUT2D eigenvalue weighted by Crippen LogP contribution is 2.36. The molecule has 150 valence electrons. The van der Waals surface area contributed by atoms with Crippen LogP contribution in [-0.4, -0.2) is 22.5 Å². The topological polar surface area (TPSA) is 76.1 Å². The van der Waals surface area contributed by atoms with Crippen molar-refractivity contribution in [2.45, 2.75) is 26.3 Å². The summed E-state index contributed by atoms with van der Waals surface area (Å²) in [5, 5.41) is 6.38. The molecular weight excluding hydrogens is 385 g/mol. The fraction of sp³-hybridized carbons (Fsp3) is 0.250. The van der Waals surface area contributed by atoms with Crippen molar-refractivity contribution >= 4 is 28.3 Å². The van der Waals surface area contributed by atoms with Gasteiger partial charge in [-0.15, -0.1) is 0 Å². The molecule has 0 fully saturated rings. The van der Waals surface area contributed by atoms with Gasteiger partial charge in [-0.25, -0.2) is 23.1 Å². The van der Waals surface area contributed by atoms with Gasteiger partial charge in [0.25, 0.3) is 12.3 Å². The van der Waals surface area contributed by atoms with Gasteiger partial charge in [0.05, 0.1) is 22.8 Å². The Hall–Kier alpha value is -3.36. The lowest BCUT2D eigenvalue weighted by molar-refractivity contribution is -0.118. The fourth-order valence-corrected chi connectivity index (χ4v) is 3.28. The number of fused-ring (bicyclic) bond motifs is 2. The standard InChI is InChI=1S/C20H17F3N4O2/c1-9(11-4-3-5-12(18(11)21)19(22)23)24-20-13-6-15-16(29-8-17(28)27-15)7-14(13)25-10(2)26-20/h3-7,9,19H,8H2,1-2H3,(H,27,28)(H,24,25,26)/t9-/m1/s1. The number of hydrogen-bond donors (Lipinski definition) is 2. The molecule has 1 aromatic heterocycles. The average molecular weight is 402 g/mol. The first-order chi connectivity index (χ1) is 13.8. The fourth-order valence-electron chi connectivity index (χ4n) is 3.28. The number of anilines is 2. The van der Waals surface area contributed by atoms with Gasteiger partial charge in [0.1, 0.15) is 23.2 Å². The van der Waals surface area contributed by atoms with E-state index in [1.807, 2.05) is 0 Å². The van der Waals surface area contributed by atoms with Crippen LogP contribution in [0, 0.1) is 12.7 Å². The monoisotopic (exact) mass is 402 g/mol. The van der Waals surface area contributed by atoms with Crippen molar-refractivity contribution in [3.63, 3.8) is 0 Å². The molecule has 4 rings (SSSR count). The Morgan fingerprint density at radius 2 is 1.97 bits per heavy atom. The number of hydrogen-bond acceptors (Lipinski definition) is 5. The zero-order valence-electron chi connectivity index (χ0n) is 15.6. The molecule has 0 radical (unpaired) electrons. The van der Waals surface area contributed by atoms with Crippen LogP contribution in [0.2, 0.25) is 0 Å². The smallest absolute Gasteiger partial charge is 0.266 e. The molecular formula is C20H17F3N4O2. The van der Waals surface area contributed by atoms with Crippen LogP contribution < -0.4 is 15.4 Å². The first-order valence-corrected chi connectivity index (χ1v) is 8.91. The first kappa shape index (κ1) is 19.0. The second-order valence-electron chi connectivity index (χ2n) is 6.74. The Balaban J connectivity index is 1.75. The second-order valence-corrected chi connectivity index (χ2v) is 6.74. The third-order valence-corrected chi connectivity index (χ3v) is 4.66. The van der Waals surface area contributed by atoms with Gasteiger partial charge in [-0.1, -0.05) is 18.2 Å². The number of carbonyl (C=O) groups excluding carboxylic acids is 1. The van der Waals surface area contributed by atoms with Crippen molar-refractivity contribution < 1.29 is 22.7 Å². The van der Waals surface area contributed by atoms with Crippen molar-refractivity contribution in [1.29, 1.82) is 0 Å². The molecule has 1 aliphatic rings.